The van der Waals surface area contributed by atoms with Crippen molar-refractivity contribution in [2.75, 3.05) is 5.88 Å². The molecule has 0 aromatic heterocycles. The van der Waals surface area contributed by atoms with E-state index in [1.165, 1.54) is 0 Å². The molecule has 27 valence electrons. The van der Waals surface area contributed by atoms with E-state index in [0.717, 1.165) is 5.88 Å². The fraction of sp³-hybridized carbons (Fsp3) is 0.500. The molecule has 0 fully saturated rings. The van der Waals surface area contributed by atoms with Gasteiger partial charge >= 0.3 is 0 Å². The summed E-state index contributed by atoms with van der Waals surface area (Å²) in [7, 11) is 0. The van der Waals surface area contributed by atoms with Gasteiger partial charge in [0.2, 0.25) is 0 Å². The lowest BCUT2D eigenvalue weighted by Crippen LogP contribution is -1.81. The largest absolute Gasteiger partial charge is 0.177 e. The highest BCUT2D eigenvalue weighted by atomic mass is 32.2. The summed E-state index contributed by atoms with van der Waals surface area (Å²) in [6, 6.07) is 0. The van der Waals surface area contributed by atoms with Gasteiger partial charge in [0.15, 0.2) is 0 Å². The van der Waals surface area contributed by atoms with Crippen LogP contribution in [-0.2, 0) is 0 Å². The normalized spacial score (nSPS) is 19.2. The lowest BCUT2D eigenvalue weighted by molar-refractivity contribution is 0.875. The summed E-state index contributed by atoms with van der Waals surface area (Å²) in [5.74, 6) is 0.819. The van der Waals surface area contributed by atoms with Crippen molar-refractivity contribution in [2.45, 2.75) is 0 Å². The highest BCUT2D eigenvalue weighted by molar-refractivity contribution is 8.12. The molecule has 0 spiro atoms. The van der Waals surface area contributed by atoms with Gasteiger partial charge in [-0.1, -0.05) is 11.8 Å². The fourth-order valence-electron chi connectivity index (χ4n) is 0.167. The molecular weight excluding hydrogens is 84.1 g/mol. The second-order valence-corrected chi connectivity index (χ2v) is 1.46. The van der Waals surface area contributed by atoms with Gasteiger partial charge in [0.25, 0.3) is 0 Å². The Morgan fingerprint density at radius 2 is 2.80 bits per heavy atom. The Labute approximate surface area is 34.6 Å². The molecule has 1 radical (unpaired) electrons. The van der Waals surface area contributed by atoms with E-state index in [9.17, 15) is 0 Å². The van der Waals surface area contributed by atoms with Gasteiger partial charge in [0.05, 0.1) is 5.55 Å². The van der Waals surface area contributed by atoms with Gasteiger partial charge in [0.1, 0.15) is 5.88 Å². The molecule has 0 amide bonds. The maximum Gasteiger partial charge on any atom is 0.111 e. The van der Waals surface area contributed by atoms with Crippen LogP contribution in [0.25, 0.3) is 0 Å². The maximum absolute atomic E-state index is 3.62. The second kappa shape index (κ2) is 1.31. The van der Waals surface area contributed by atoms with Crippen LogP contribution in [0.3, 0.4) is 0 Å². The highest BCUT2D eigenvalue weighted by Gasteiger charge is 1.86. The zero-order valence-corrected chi connectivity index (χ0v) is 3.40. The molecule has 1 aliphatic rings. The van der Waals surface area contributed by atoms with Crippen LogP contribution in [0.4, 0.5) is 0 Å². The summed E-state index contributed by atoms with van der Waals surface area (Å²) < 4.78 is 0. The van der Waals surface area contributed by atoms with Crippen LogP contribution in [-0.4, -0.2) is 11.4 Å². The minimum Gasteiger partial charge on any atom is -0.177 e. The van der Waals surface area contributed by atoms with E-state index in [4.69, 9.17) is 0 Å². The molecule has 0 atom stereocenters. The van der Waals surface area contributed by atoms with Gasteiger partial charge in [-0.3, -0.25) is 0 Å². The van der Waals surface area contributed by atoms with Gasteiger partial charge in [-0.2, -0.15) is 10.5 Å². The lowest BCUT2D eigenvalue weighted by atomic mass is 11.5. The SMILES string of the molecule is C1=N[N]CS1. The van der Waals surface area contributed by atoms with Gasteiger partial charge in [-0.25, -0.2) is 0 Å². The molecule has 5 heavy (non-hydrogen) atoms. The number of thioether (sulfide) groups is 1. The van der Waals surface area contributed by atoms with Gasteiger partial charge in [-0.05, 0) is 0 Å². The van der Waals surface area contributed by atoms with Crippen molar-refractivity contribution in [1.82, 2.24) is 5.43 Å². The van der Waals surface area contributed by atoms with Gasteiger partial charge < -0.3 is 0 Å². The average Bonchev–Trinajstić information content (AvgIpc) is 1.76. The molecule has 1 aliphatic heterocycles. The van der Waals surface area contributed by atoms with Crippen LogP contribution in [0, 0.1) is 0 Å². The molecule has 0 bridgehead atoms. The molecular formula is C2H3N2S. The molecule has 0 saturated carbocycles. The first-order valence-corrected chi connectivity index (χ1v) is 2.35. The quantitative estimate of drug-likeness (QED) is 0.415. The minimum atomic E-state index is 0.819. The second-order valence-electron chi connectivity index (χ2n) is 0.658. The van der Waals surface area contributed by atoms with Crippen molar-refractivity contribution >= 4 is 17.3 Å². The third-order valence-electron chi connectivity index (χ3n) is 0.336. The average molecular weight is 87.1 g/mol. The van der Waals surface area contributed by atoms with E-state index >= 15 is 0 Å². The summed E-state index contributed by atoms with van der Waals surface area (Å²) in [6.45, 7) is 0. The van der Waals surface area contributed by atoms with Crippen molar-refractivity contribution in [3.8, 4) is 0 Å². The van der Waals surface area contributed by atoms with E-state index in [2.05, 4.69) is 10.5 Å². The highest BCUT2D eigenvalue weighted by Crippen LogP contribution is 1.96. The van der Waals surface area contributed by atoms with Crippen LogP contribution in [0.5, 0.6) is 0 Å². The number of hydrogen-bond acceptors (Lipinski definition) is 2. The first kappa shape index (κ1) is 3.03. The van der Waals surface area contributed by atoms with E-state index in [0.29, 0.717) is 0 Å². The first-order valence-electron chi connectivity index (χ1n) is 1.30. The number of nitrogens with zero attached hydrogens (tertiary/aromatic N) is 2. The Morgan fingerprint density at radius 3 is 3.00 bits per heavy atom. The zero-order valence-electron chi connectivity index (χ0n) is 2.59. The third-order valence-corrected chi connectivity index (χ3v) is 0.843. The summed E-state index contributed by atoms with van der Waals surface area (Å²) in [5.41, 5.74) is 5.35. The summed E-state index contributed by atoms with van der Waals surface area (Å²) >= 11 is 1.62. The third kappa shape index (κ3) is 0.545. The molecule has 2 nitrogen and oxygen atoms in total. The predicted molar refractivity (Wildman–Crippen MR) is 23.1 cm³/mol. The predicted octanol–water partition coefficient (Wildman–Crippen LogP) is 0.238. The van der Waals surface area contributed by atoms with Crippen molar-refractivity contribution in [1.29, 1.82) is 0 Å². The van der Waals surface area contributed by atoms with Crippen molar-refractivity contribution in [3.63, 3.8) is 0 Å². The zero-order chi connectivity index (χ0) is 3.54. The fourth-order valence-corrected chi connectivity index (χ4v) is 0.500. The Kier molecular flexibility index (Phi) is 0.792. The summed E-state index contributed by atoms with van der Waals surface area (Å²) in [5, 5.41) is 3.55. The molecule has 0 aliphatic carbocycles. The maximum atomic E-state index is 3.62. The summed E-state index contributed by atoms with van der Waals surface area (Å²) in [6.07, 6.45) is 0. The molecule has 0 aromatic carbocycles. The van der Waals surface area contributed by atoms with E-state index < -0.39 is 0 Å². The van der Waals surface area contributed by atoms with Gasteiger partial charge in [0, 0.05) is 0 Å². The topological polar surface area (TPSA) is 26.5 Å². The monoisotopic (exact) mass is 87.0 g/mol. The van der Waals surface area contributed by atoms with E-state index in [-0.39, 0.29) is 0 Å². The Morgan fingerprint density at radius 1 is 1.80 bits per heavy atom. The Hall–Kier alpha value is -0.180. The van der Waals surface area contributed by atoms with Crippen LogP contribution < -0.4 is 5.43 Å². The molecule has 0 saturated heterocycles. The van der Waals surface area contributed by atoms with Crippen molar-refractivity contribution in [3.05, 3.63) is 0 Å². The lowest BCUT2D eigenvalue weighted by Gasteiger charge is -1.69. The molecule has 0 unspecified atom stereocenters. The standard InChI is InChI=1S/C2H3N2S/c1-3-4-2-5-1/h1H,2H2. The van der Waals surface area contributed by atoms with Crippen LogP contribution in [0.2, 0.25) is 0 Å². The minimum absolute atomic E-state index is 0.819. The Bertz CT molecular complexity index is 45.6. The summed E-state index contributed by atoms with van der Waals surface area (Å²) in [4.78, 5) is 0. The van der Waals surface area contributed by atoms with E-state index in [1.54, 1.807) is 17.3 Å². The molecule has 3 heteroatoms. The Balaban J connectivity index is 2.32. The van der Waals surface area contributed by atoms with E-state index in [1.807, 2.05) is 0 Å². The van der Waals surface area contributed by atoms with Crippen LogP contribution in [0.1, 0.15) is 0 Å². The number of rotatable bonds is 0. The van der Waals surface area contributed by atoms with Crippen LogP contribution in [0.15, 0.2) is 5.10 Å². The van der Waals surface area contributed by atoms with Crippen molar-refractivity contribution < 1.29 is 0 Å². The molecule has 1 heterocycles. The van der Waals surface area contributed by atoms with Crippen molar-refractivity contribution in [2.24, 2.45) is 5.10 Å². The van der Waals surface area contributed by atoms with Gasteiger partial charge in [-0.15, -0.1) is 0 Å². The molecule has 0 aromatic rings. The first-order chi connectivity index (χ1) is 2.50. The van der Waals surface area contributed by atoms with Crippen LogP contribution >= 0.6 is 11.8 Å². The smallest absolute Gasteiger partial charge is 0.111 e. The molecule has 0 N–H and O–H groups in total. The molecule has 1 rings (SSSR count). The number of hydrogen-bond donors (Lipinski definition) is 0.